The van der Waals surface area contributed by atoms with Crippen molar-refractivity contribution >= 4 is 5.97 Å². The Morgan fingerprint density at radius 1 is 1.10 bits per heavy atom. The van der Waals surface area contributed by atoms with Gasteiger partial charge in [-0.2, -0.15) is 0 Å². The number of allylic oxidation sites excluding steroid dienone is 1. The summed E-state index contributed by atoms with van der Waals surface area (Å²) in [6.07, 6.45) is 4.31. The van der Waals surface area contributed by atoms with E-state index in [-0.39, 0.29) is 18.2 Å². The third-order valence-electron chi connectivity index (χ3n) is 3.19. The summed E-state index contributed by atoms with van der Waals surface area (Å²) < 4.78 is 16.9. The van der Waals surface area contributed by atoms with Crippen molar-refractivity contribution in [3.63, 3.8) is 0 Å². The lowest BCUT2D eigenvalue weighted by atomic mass is 10.0. The number of benzene rings is 1. The minimum atomic E-state index is -0.672. The van der Waals surface area contributed by atoms with Crippen LogP contribution in [-0.4, -0.2) is 17.9 Å². The van der Waals surface area contributed by atoms with Crippen molar-refractivity contribution in [1.29, 1.82) is 0 Å². The molecule has 0 amide bonds. The van der Waals surface area contributed by atoms with Crippen molar-refractivity contribution in [1.82, 2.24) is 0 Å². The van der Waals surface area contributed by atoms with Crippen LogP contribution in [-0.2, 0) is 19.0 Å². The smallest absolute Gasteiger partial charge is 0.336 e. The molecule has 1 saturated heterocycles. The van der Waals surface area contributed by atoms with Crippen LogP contribution in [0.2, 0.25) is 0 Å². The first-order chi connectivity index (χ1) is 9.53. The average Bonchev–Trinajstić information content (AvgIpc) is 2.94. The zero-order valence-corrected chi connectivity index (χ0v) is 11.4. The lowest BCUT2D eigenvalue weighted by Crippen LogP contribution is -2.20. The van der Waals surface area contributed by atoms with E-state index in [9.17, 15) is 4.79 Å². The highest BCUT2D eigenvalue weighted by atomic mass is 16.7. The largest absolute Gasteiger partial charge is 0.424 e. The molecule has 2 atom stereocenters. The summed E-state index contributed by atoms with van der Waals surface area (Å²) in [6.45, 7) is 3.75. The Morgan fingerprint density at radius 2 is 1.85 bits per heavy atom. The lowest BCUT2D eigenvalue weighted by molar-refractivity contribution is -0.143. The third-order valence-corrected chi connectivity index (χ3v) is 3.19. The van der Waals surface area contributed by atoms with Gasteiger partial charge in [0, 0.05) is 6.08 Å². The molecule has 4 nitrogen and oxygen atoms in total. The predicted molar refractivity (Wildman–Crippen MR) is 72.5 cm³/mol. The Bertz CT molecular complexity index is 571. The maximum absolute atomic E-state index is 11.1. The van der Waals surface area contributed by atoms with Gasteiger partial charge in [-0.15, -0.1) is 0 Å². The second kappa shape index (κ2) is 4.89. The van der Waals surface area contributed by atoms with Crippen LogP contribution in [0.5, 0.6) is 0 Å². The number of hydrogen-bond donors (Lipinski definition) is 0. The first kappa shape index (κ1) is 13.1. The lowest BCUT2D eigenvalue weighted by Gasteiger charge is -2.16. The summed E-state index contributed by atoms with van der Waals surface area (Å²) in [5, 5.41) is 0. The molecule has 0 aliphatic carbocycles. The number of rotatable bonds is 2. The van der Waals surface area contributed by atoms with Gasteiger partial charge in [0.15, 0.2) is 5.79 Å². The molecule has 1 aromatic rings. The van der Waals surface area contributed by atoms with Gasteiger partial charge < -0.3 is 14.2 Å². The molecule has 0 spiro atoms. The van der Waals surface area contributed by atoms with E-state index >= 15 is 0 Å². The number of hydrogen-bond acceptors (Lipinski definition) is 4. The number of esters is 1. The SMILES string of the molecule is CC1(C)O[C@H](/C=C2/C=CC(=O)O2)[C@H](c2ccccc2)O1. The maximum atomic E-state index is 11.1. The molecule has 0 unspecified atom stereocenters. The van der Waals surface area contributed by atoms with Gasteiger partial charge in [0.2, 0.25) is 0 Å². The Kier molecular flexibility index (Phi) is 3.20. The highest BCUT2D eigenvalue weighted by Crippen LogP contribution is 2.39. The number of cyclic esters (lactones) is 1. The summed E-state index contributed by atoms with van der Waals surface area (Å²) >= 11 is 0. The van der Waals surface area contributed by atoms with E-state index in [1.54, 1.807) is 12.2 Å². The first-order valence-corrected chi connectivity index (χ1v) is 6.56. The fourth-order valence-electron chi connectivity index (χ4n) is 2.40. The highest BCUT2D eigenvalue weighted by Gasteiger charge is 2.41. The van der Waals surface area contributed by atoms with E-state index in [1.807, 2.05) is 44.2 Å². The molecule has 0 saturated carbocycles. The van der Waals surface area contributed by atoms with E-state index in [1.165, 1.54) is 6.08 Å². The summed E-state index contributed by atoms with van der Waals surface area (Å²) in [6, 6.07) is 9.88. The molecule has 0 bridgehead atoms. The molecule has 0 N–H and O–H groups in total. The van der Waals surface area contributed by atoms with Gasteiger partial charge in [-0.3, -0.25) is 0 Å². The molecule has 1 aromatic carbocycles. The van der Waals surface area contributed by atoms with Crippen LogP contribution in [0.1, 0.15) is 25.5 Å². The van der Waals surface area contributed by atoms with Crippen LogP contribution in [0, 0.1) is 0 Å². The number of carbonyl (C=O) groups is 1. The Hall–Kier alpha value is -1.91. The Morgan fingerprint density at radius 3 is 2.50 bits per heavy atom. The van der Waals surface area contributed by atoms with Gasteiger partial charge in [-0.05, 0) is 31.6 Å². The quantitative estimate of drug-likeness (QED) is 0.777. The Balaban J connectivity index is 1.88. The molecule has 2 heterocycles. The molecule has 4 heteroatoms. The van der Waals surface area contributed by atoms with Gasteiger partial charge in [-0.1, -0.05) is 30.3 Å². The van der Waals surface area contributed by atoms with Crippen molar-refractivity contribution < 1.29 is 19.0 Å². The van der Waals surface area contributed by atoms with Crippen LogP contribution < -0.4 is 0 Å². The second-order valence-electron chi connectivity index (χ2n) is 5.25. The normalized spacial score (nSPS) is 29.9. The van der Waals surface area contributed by atoms with Crippen LogP contribution >= 0.6 is 0 Å². The van der Waals surface area contributed by atoms with Crippen molar-refractivity contribution in [2.24, 2.45) is 0 Å². The zero-order chi connectivity index (χ0) is 14.2. The molecular formula is C16H16O4. The fraction of sp³-hybridized carbons (Fsp3) is 0.312. The summed E-state index contributed by atoms with van der Waals surface area (Å²) in [5.41, 5.74) is 1.04. The van der Waals surface area contributed by atoms with Crippen molar-refractivity contribution in [2.45, 2.75) is 31.8 Å². The van der Waals surface area contributed by atoms with E-state index in [0.717, 1.165) is 5.56 Å². The maximum Gasteiger partial charge on any atom is 0.336 e. The van der Waals surface area contributed by atoms with Gasteiger partial charge in [-0.25, -0.2) is 4.79 Å². The molecular weight excluding hydrogens is 256 g/mol. The minimum Gasteiger partial charge on any atom is -0.424 e. The first-order valence-electron chi connectivity index (χ1n) is 6.56. The van der Waals surface area contributed by atoms with Gasteiger partial charge in [0.1, 0.15) is 18.0 Å². The standard InChI is InChI=1S/C16H16O4/c1-16(2)19-13(10-12-8-9-14(17)18-12)15(20-16)11-6-4-3-5-7-11/h3-10,13,15H,1-2H3/b12-10-/t13-,15+/m1/s1. The number of ether oxygens (including phenoxy) is 3. The van der Waals surface area contributed by atoms with Gasteiger partial charge in [0.25, 0.3) is 0 Å². The number of carbonyl (C=O) groups excluding carboxylic acids is 1. The zero-order valence-electron chi connectivity index (χ0n) is 11.4. The van der Waals surface area contributed by atoms with Gasteiger partial charge in [0.05, 0.1) is 0 Å². The topological polar surface area (TPSA) is 44.8 Å². The molecule has 104 valence electrons. The summed E-state index contributed by atoms with van der Waals surface area (Å²) in [7, 11) is 0. The molecule has 20 heavy (non-hydrogen) atoms. The predicted octanol–water partition coefficient (Wildman–Crippen LogP) is 2.88. The van der Waals surface area contributed by atoms with E-state index in [0.29, 0.717) is 5.76 Å². The molecule has 3 rings (SSSR count). The summed E-state index contributed by atoms with van der Waals surface area (Å²) in [4.78, 5) is 11.1. The second-order valence-corrected chi connectivity index (χ2v) is 5.25. The van der Waals surface area contributed by atoms with Crippen LogP contribution in [0.15, 0.2) is 54.3 Å². The third kappa shape index (κ3) is 2.66. The molecule has 2 aliphatic rings. The molecule has 0 aromatic heterocycles. The van der Waals surface area contributed by atoms with Crippen molar-refractivity contribution in [3.05, 3.63) is 59.9 Å². The highest BCUT2D eigenvalue weighted by molar-refractivity contribution is 5.86. The van der Waals surface area contributed by atoms with Gasteiger partial charge >= 0.3 is 5.97 Å². The van der Waals surface area contributed by atoms with E-state index < -0.39 is 5.79 Å². The van der Waals surface area contributed by atoms with Crippen molar-refractivity contribution in [2.75, 3.05) is 0 Å². The fourth-order valence-corrected chi connectivity index (χ4v) is 2.40. The minimum absolute atomic E-state index is 0.216. The average molecular weight is 272 g/mol. The van der Waals surface area contributed by atoms with E-state index in [2.05, 4.69) is 0 Å². The molecule has 1 fully saturated rings. The van der Waals surface area contributed by atoms with Crippen LogP contribution in [0.25, 0.3) is 0 Å². The molecule has 0 radical (unpaired) electrons. The van der Waals surface area contributed by atoms with Crippen LogP contribution in [0.3, 0.4) is 0 Å². The summed E-state index contributed by atoms with van der Waals surface area (Å²) in [5.74, 6) is -0.526. The Labute approximate surface area is 117 Å². The van der Waals surface area contributed by atoms with Crippen LogP contribution in [0.4, 0.5) is 0 Å². The molecule has 2 aliphatic heterocycles. The monoisotopic (exact) mass is 272 g/mol. The van der Waals surface area contributed by atoms with E-state index in [4.69, 9.17) is 14.2 Å². The van der Waals surface area contributed by atoms with Crippen molar-refractivity contribution in [3.8, 4) is 0 Å².